The Labute approximate surface area is 156 Å². The maximum absolute atomic E-state index is 12.2. The van der Waals surface area contributed by atoms with Crippen LogP contribution in [0.25, 0.3) is 11.5 Å². The molecule has 0 unspecified atom stereocenters. The van der Waals surface area contributed by atoms with Crippen LogP contribution >= 0.6 is 0 Å². The van der Waals surface area contributed by atoms with E-state index in [4.69, 9.17) is 9.15 Å². The van der Waals surface area contributed by atoms with Crippen LogP contribution in [-0.2, 0) is 6.54 Å². The van der Waals surface area contributed by atoms with Crippen molar-refractivity contribution in [1.29, 1.82) is 0 Å². The Hall–Kier alpha value is -3.35. The molecule has 0 bridgehead atoms. The summed E-state index contributed by atoms with van der Waals surface area (Å²) < 4.78 is 12.2. The SMILES string of the molecule is CC(C)Oc1ccc(C(=O)NCCn2nc(-c3ccco3)ccc2=O)cc1. The first-order valence-corrected chi connectivity index (χ1v) is 8.70. The van der Waals surface area contributed by atoms with Gasteiger partial charge in [-0.2, -0.15) is 5.10 Å². The molecule has 2 heterocycles. The summed E-state index contributed by atoms with van der Waals surface area (Å²) >= 11 is 0. The van der Waals surface area contributed by atoms with Gasteiger partial charge in [0.25, 0.3) is 11.5 Å². The van der Waals surface area contributed by atoms with E-state index in [9.17, 15) is 9.59 Å². The minimum Gasteiger partial charge on any atom is -0.491 e. The highest BCUT2D eigenvalue weighted by atomic mass is 16.5. The first kappa shape index (κ1) is 18.4. The zero-order valence-corrected chi connectivity index (χ0v) is 15.2. The Kier molecular flexibility index (Phi) is 5.71. The van der Waals surface area contributed by atoms with E-state index < -0.39 is 0 Å². The Morgan fingerprint density at radius 2 is 1.96 bits per heavy atom. The molecule has 0 aliphatic carbocycles. The van der Waals surface area contributed by atoms with Crippen LogP contribution in [0.2, 0.25) is 0 Å². The van der Waals surface area contributed by atoms with Gasteiger partial charge in [0, 0.05) is 18.2 Å². The van der Waals surface area contributed by atoms with Gasteiger partial charge in [-0.15, -0.1) is 0 Å². The van der Waals surface area contributed by atoms with E-state index in [0.717, 1.165) is 0 Å². The highest BCUT2D eigenvalue weighted by Crippen LogP contribution is 2.15. The van der Waals surface area contributed by atoms with E-state index >= 15 is 0 Å². The van der Waals surface area contributed by atoms with Crippen molar-refractivity contribution < 1.29 is 13.9 Å². The van der Waals surface area contributed by atoms with Gasteiger partial charge in [-0.25, -0.2) is 4.68 Å². The largest absolute Gasteiger partial charge is 0.491 e. The van der Waals surface area contributed by atoms with Crippen molar-refractivity contribution in [1.82, 2.24) is 15.1 Å². The van der Waals surface area contributed by atoms with Gasteiger partial charge in [0.1, 0.15) is 11.4 Å². The Bertz CT molecular complexity index is 944. The number of carbonyl (C=O) groups is 1. The summed E-state index contributed by atoms with van der Waals surface area (Å²) in [7, 11) is 0. The predicted molar refractivity (Wildman–Crippen MR) is 101 cm³/mol. The van der Waals surface area contributed by atoms with Gasteiger partial charge in [0.2, 0.25) is 0 Å². The summed E-state index contributed by atoms with van der Waals surface area (Å²) in [4.78, 5) is 24.2. The van der Waals surface area contributed by atoms with Crippen LogP contribution in [-0.4, -0.2) is 28.3 Å². The van der Waals surface area contributed by atoms with E-state index in [1.165, 1.54) is 10.7 Å². The quantitative estimate of drug-likeness (QED) is 0.694. The smallest absolute Gasteiger partial charge is 0.266 e. The molecule has 0 saturated heterocycles. The van der Waals surface area contributed by atoms with Crippen molar-refractivity contribution in [2.24, 2.45) is 0 Å². The normalized spacial score (nSPS) is 10.8. The number of carbonyl (C=O) groups excluding carboxylic acids is 1. The summed E-state index contributed by atoms with van der Waals surface area (Å²) in [5.74, 6) is 1.07. The van der Waals surface area contributed by atoms with Crippen LogP contribution in [0, 0.1) is 0 Å². The third kappa shape index (κ3) is 4.84. The summed E-state index contributed by atoms with van der Waals surface area (Å²) in [6.45, 7) is 4.42. The van der Waals surface area contributed by atoms with Gasteiger partial charge < -0.3 is 14.5 Å². The van der Waals surface area contributed by atoms with Gasteiger partial charge in [-0.1, -0.05) is 0 Å². The number of furan rings is 1. The number of amides is 1. The minimum absolute atomic E-state index is 0.0763. The average Bonchev–Trinajstić information content (AvgIpc) is 3.18. The van der Waals surface area contributed by atoms with Crippen LogP contribution in [0.5, 0.6) is 5.75 Å². The fourth-order valence-electron chi connectivity index (χ4n) is 2.50. The maximum Gasteiger partial charge on any atom is 0.266 e. The zero-order chi connectivity index (χ0) is 19.2. The van der Waals surface area contributed by atoms with Crippen molar-refractivity contribution in [2.75, 3.05) is 6.54 Å². The lowest BCUT2D eigenvalue weighted by Crippen LogP contribution is -2.31. The molecule has 1 N–H and O–H groups in total. The maximum atomic E-state index is 12.2. The van der Waals surface area contributed by atoms with Crippen LogP contribution in [0.15, 0.2) is 64.0 Å². The molecule has 2 aromatic heterocycles. The van der Waals surface area contributed by atoms with Crippen LogP contribution in [0.3, 0.4) is 0 Å². The highest BCUT2D eigenvalue weighted by molar-refractivity contribution is 5.94. The van der Waals surface area contributed by atoms with Crippen molar-refractivity contribution in [3.8, 4) is 17.2 Å². The molecular formula is C20H21N3O4. The van der Waals surface area contributed by atoms with Gasteiger partial charge in [0.05, 0.1) is 18.9 Å². The van der Waals surface area contributed by atoms with Crippen molar-refractivity contribution in [3.63, 3.8) is 0 Å². The van der Waals surface area contributed by atoms with Gasteiger partial charge in [-0.05, 0) is 56.3 Å². The topological polar surface area (TPSA) is 86.4 Å². The van der Waals surface area contributed by atoms with Crippen LogP contribution in [0.4, 0.5) is 0 Å². The third-order valence-corrected chi connectivity index (χ3v) is 3.74. The number of nitrogens with zero attached hydrogens (tertiary/aromatic N) is 2. The van der Waals surface area contributed by atoms with E-state index in [1.54, 1.807) is 48.7 Å². The molecule has 0 aliphatic heterocycles. The molecule has 3 rings (SSSR count). The molecule has 27 heavy (non-hydrogen) atoms. The monoisotopic (exact) mass is 367 g/mol. The van der Waals surface area contributed by atoms with Crippen molar-refractivity contribution >= 4 is 5.91 Å². The fraction of sp³-hybridized carbons (Fsp3) is 0.250. The highest BCUT2D eigenvalue weighted by Gasteiger charge is 2.08. The second-order valence-electron chi connectivity index (χ2n) is 6.20. The third-order valence-electron chi connectivity index (χ3n) is 3.74. The van der Waals surface area contributed by atoms with Crippen LogP contribution < -0.4 is 15.6 Å². The second-order valence-corrected chi connectivity index (χ2v) is 6.20. The summed E-state index contributed by atoms with van der Waals surface area (Å²) in [5, 5.41) is 7.05. The molecular weight excluding hydrogens is 346 g/mol. The molecule has 0 fully saturated rings. The molecule has 7 nitrogen and oxygen atoms in total. The van der Waals surface area contributed by atoms with E-state index in [2.05, 4.69) is 10.4 Å². The van der Waals surface area contributed by atoms with E-state index in [1.807, 2.05) is 13.8 Å². The molecule has 0 spiro atoms. The summed E-state index contributed by atoms with van der Waals surface area (Å²) in [5.41, 5.74) is 0.845. The standard InChI is InChI=1S/C20H21N3O4/c1-14(2)27-16-7-5-15(6-8-16)20(25)21-11-12-23-19(24)10-9-17(22-23)18-4-3-13-26-18/h3-10,13-14H,11-12H2,1-2H3,(H,21,25). The van der Waals surface area contributed by atoms with Gasteiger partial charge in [0.15, 0.2) is 5.76 Å². The lowest BCUT2D eigenvalue weighted by Gasteiger charge is -2.10. The Morgan fingerprint density at radius 3 is 2.63 bits per heavy atom. The summed E-state index contributed by atoms with van der Waals surface area (Å²) in [6, 6.07) is 13.5. The first-order valence-electron chi connectivity index (χ1n) is 8.70. The number of benzene rings is 1. The molecule has 0 radical (unpaired) electrons. The van der Waals surface area contributed by atoms with Gasteiger partial charge in [-0.3, -0.25) is 9.59 Å². The fourth-order valence-corrected chi connectivity index (χ4v) is 2.50. The number of aromatic nitrogens is 2. The van der Waals surface area contributed by atoms with E-state index in [0.29, 0.717) is 22.8 Å². The lowest BCUT2D eigenvalue weighted by molar-refractivity contribution is 0.0951. The molecule has 1 amide bonds. The minimum atomic E-state index is -0.241. The first-order chi connectivity index (χ1) is 13.0. The molecule has 3 aromatic rings. The molecule has 7 heteroatoms. The second kappa shape index (κ2) is 8.35. The van der Waals surface area contributed by atoms with Crippen LogP contribution in [0.1, 0.15) is 24.2 Å². The average molecular weight is 367 g/mol. The number of hydrogen-bond acceptors (Lipinski definition) is 5. The molecule has 0 aliphatic rings. The predicted octanol–water partition coefficient (Wildman–Crippen LogP) is 2.72. The zero-order valence-electron chi connectivity index (χ0n) is 15.2. The lowest BCUT2D eigenvalue weighted by atomic mass is 10.2. The van der Waals surface area contributed by atoms with Gasteiger partial charge >= 0.3 is 0 Å². The van der Waals surface area contributed by atoms with Crippen molar-refractivity contribution in [2.45, 2.75) is 26.5 Å². The molecule has 0 saturated carbocycles. The Morgan fingerprint density at radius 1 is 1.19 bits per heavy atom. The Balaban J connectivity index is 1.58. The van der Waals surface area contributed by atoms with E-state index in [-0.39, 0.29) is 30.7 Å². The van der Waals surface area contributed by atoms with Crippen molar-refractivity contribution in [3.05, 3.63) is 70.7 Å². The summed E-state index contributed by atoms with van der Waals surface area (Å²) in [6.07, 6.45) is 1.62. The molecule has 0 atom stereocenters. The molecule has 1 aromatic carbocycles. The number of nitrogens with one attached hydrogen (secondary N) is 1. The molecule has 140 valence electrons. The number of rotatable bonds is 7. The number of ether oxygens (including phenoxy) is 1. The number of hydrogen-bond donors (Lipinski definition) is 1.